The number of aryl methyl sites for hydroxylation is 1. The average molecular weight is 352 g/mol. The quantitative estimate of drug-likeness (QED) is 0.489. The first-order chi connectivity index (χ1) is 11.4. The van der Waals surface area contributed by atoms with Crippen LogP contribution in [0.3, 0.4) is 0 Å². The Morgan fingerprint density at radius 3 is 2.83 bits per heavy atom. The Hall–Kier alpha value is -2.87. The summed E-state index contributed by atoms with van der Waals surface area (Å²) in [4.78, 5) is 21.7. The van der Waals surface area contributed by atoms with Gasteiger partial charge in [0.25, 0.3) is 5.91 Å². The molecule has 9 heteroatoms. The summed E-state index contributed by atoms with van der Waals surface area (Å²) >= 11 is 5.86. The van der Waals surface area contributed by atoms with Gasteiger partial charge in [0.05, 0.1) is 12.3 Å². The summed E-state index contributed by atoms with van der Waals surface area (Å²) in [6, 6.07) is 7.62. The van der Waals surface area contributed by atoms with E-state index in [9.17, 15) is 14.9 Å². The molecule has 24 heavy (non-hydrogen) atoms. The second kappa shape index (κ2) is 7.60. The number of benzene rings is 1. The summed E-state index contributed by atoms with van der Waals surface area (Å²) in [7, 11) is 0. The summed E-state index contributed by atoms with van der Waals surface area (Å²) in [5.74, 6) is -0.212. The van der Waals surface area contributed by atoms with Crippen molar-refractivity contribution in [3.05, 3.63) is 56.8 Å². The molecule has 1 N–H and O–H groups in total. The van der Waals surface area contributed by atoms with Gasteiger partial charge in [0, 0.05) is 5.02 Å². The van der Waals surface area contributed by atoms with Crippen molar-refractivity contribution >= 4 is 29.6 Å². The summed E-state index contributed by atoms with van der Waals surface area (Å²) in [5.41, 5.74) is 3.07. The molecule has 1 unspecified atom stereocenters. The Bertz CT molecular complexity index is 787. The van der Waals surface area contributed by atoms with Crippen molar-refractivity contribution in [2.75, 3.05) is 0 Å². The van der Waals surface area contributed by atoms with Gasteiger partial charge in [-0.2, -0.15) is 5.10 Å². The molecule has 0 aliphatic carbocycles. The normalized spacial score (nSPS) is 12.1. The largest absolute Gasteiger partial charge is 0.481 e. The zero-order valence-electron chi connectivity index (χ0n) is 12.9. The second-order valence-corrected chi connectivity index (χ2v) is 5.27. The van der Waals surface area contributed by atoms with E-state index >= 15 is 0 Å². The Labute approximate surface area is 142 Å². The number of nitrogens with one attached hydrogen (secondary N) is 1. The highest BCUT2D eigenvalue weighted by Crippen LogP contribution is 2.22. The number of amides is 1. The van der Waals surface area contributed by atoms with Crippen LogP contribution in [0.2, 0.25) is 5.02 Å². The number of nitro groups is 1. The number of carbonyl (C=O) groups is 1. The smallest absolute Gasteiger partial charge is 0.433 e. The molecule has 0 aliphatic rings. The van der Waals surface area contributed by atoms with Crippen LogP contribution in [0.15, 0.2) is 39.9 Å². The number of furan rings is 1. The molecule has 0 bridgehead atoms. The Kier molecular flexibility index (Phi) is 5.54. The third-order valence-electron chi connectivity index (χ3n) is 2.97. The SMILES string of the molecule is Cc1cc(Cl)ccc1OC(C)C(=O)N/N=C/c1ccc([N+](=O)[O-])o1. The first-order valence-electron chi connectivity index (χ1n) is 6.87. The molecule has 2 aromatic rings. The number of halogens is 1. The van der Waals surface area contributed by atoms with E-state index in [2.05, 4.69) is 10.5 Å². The van der Waals surface area contributed by atoms with Gasteiger partial charge in [-0.1, -0.05) is 11.6 Å². The van der Waals surface area contributed by atoms with Gasteiger partial charge in [0.15, 0.2) is 11.9 Å². The maximum absolute atomic E-state index is 11.9. The zero-order valence-corrected chi connectivity index (χ0v) is 13.6. The molecule has 1 aromatic heterocycles. The number of nitrogens with zero attached hydrogens (tertiary/aromatic N) is 2. The van der Waals surface area contributed by atoms with E-state index in [0.717, 1.165) is 11.8 Å². The van der Waals surface area contributed by atoms with Gasteiger partial charge in [0.1, 0.15) is 10.7 Å². The highest BCUT2D eigenvalue weighted by atomic mass is 35.5. The molecule has 0 fully saturated rings. The molecule has 1 heterocycles. The molecule has 0 radical (unpaired) electrons. The van der Waals surface area contributed by atoms with E-state index in [1.54, 1.807) is 25.1 Å². The highest BCUT2D eigenvalue weighted by molar-refractivity contribution is 6.30. The average Bonchev–Trinajstić information content (AvgIpc) is 2.99. The maximum atomic E-state index is 11.9. The molecule has 8 nitrogen and oxygen atoms in total. The van der Waals surface area contributed by atoms with E-state index in [1.807, 2.05) is 6.92 Å². The highest BCUT2D eigenvalue weighted by Gasteiger charge is 2.15. The Morgan fingerprint density at radius 1 is 1.46 bits per heavy atom. The van der Waals surface area contributed by atoms with Gasteiger partial charge in [-0.15, -0.1) is 0 Å². The van der Waals surface area contributed by atoms with E-state index in [1.165, 1.54) is 12.1 Å². The first-order valence-corrected chi connectivity index (χ1v) is 7.24. The molecule has 0 aliphatic heterocycles. The van der Waals surface area contributed by atoms with Crippen molar-refractivity contribution in [1.29, 1.82) is 0 Å². The number of hydrogen-bond donors (Lipinski definition) is 1. The van der Waals surface area contributed by atoms with Crippen molar-refractivity contribution in [3.8, 4) is 5.75 Å². The fourth-order valence-corrected chi connectivity index (χ4v) is 1.98. The molecule has 0 saturated carbocycles. The van der Waals surface area contributed by atoms with Crippen LogP contribution in [0.5, 0.6) is 5.75 Å². The minimum Gasteiger partial charge on any atom is -0.481 e. The van der Waals surface area contributed by atoms with E-state index in [-0.39, 0.29) is 5.76 Å². The molecule has 0 spiro atoms. The third kappa shape index (κ3) is 4.56. The van der Waals surface area contributed by atoms with Crippen LogP contribution in [0.25, 0.3) is 0 Å². The van der Waals surface area contributed by atoms with Crippen LogP contribution >= 0.6 is 11.6 Å². The molecule has 1 amide bonds. The van der Waals surface area contributed by atoms with Gasteiger partial charge in [-0.3, -0.25) is 14.9 Å². The van der Waals surface area contributed by atoms with Crippen LogP contribution in [0.1, 0.15) is 18.2 Å². The predicted octanol–water partition coefficient (Wildman–Crippen LogP) is 3.07. The van der Waals surface area contributed by atoms with Gasteiger partial charge < -0.3 is 9.15 Å². The topological polar surface area (TPSA) is 107 Å². The number of hydrazone groups is 1. The summed E-state index contributed by atoms with van der Waals surface area (Å²) in [6.45, 7) is 3.38. The minimum atomic E-state index is -0.798. The minimum absolute atomic E-state index is 0.143. The number of carbonyl (C=O) groups excluding carboxylic acids is 1. The van der Waals surface area contributed by atoms with Gasteiger partial charge in [-0.25, -0.2) is 5.43 Å². The van der Waals surface area contributed by atoms with Gasteiger partial charge in [-0.05, 0) is 43.7 Å². The van der Waals surface area contributed by atoms with Gasteiger partial charge in [0.2, 0.25) is 0 Å². The number of hydrogen-bond acceptors (Lipinski definition) is 6. The monoisotopic (exact) mass is 351 g/mol. The van der Waals surface area contributed by atoms with Crippen LogP contribution in [-0.4, -0.2) is 23.1 Å². The van der Waals surface area contributed by atoms with Crippen molar-refractivity contribution in [3.63, 3.8) is 0 Å². The first kappa shape index (κ1) is 17.5. The predicted molar refractivity (Wildman–Crippen MR) is 87.4 cm³/mol. The van der Waals surface area contributed by atoms with Crippen molar-refractivity contribution in [2.24, 2.45) is 5.10 Å². The van der Waals surface area contributed by atoms with Crippen molar-refractivity contribution < 1.29 is 18.9 Å². The number of ether oxygens (including phenoxy) is 1. The van der Waals surface area contributed by atoms with E-state index in [0.29, 0.717) is 10.8 Å². The molecular formula is C15H14ClN3O5. The van der Waals surface area contributed by atoms with Crippen LogP contribution < -0.4 is 10.2 Å². The van der Waals surface area contributed by atoms with E-state index in [4.69, 9.17) is 20.8 Å². The molecule has 1 atom stereocenters. The molecular weight excluding hydrogens is 338 g/mol. The zero-order chi connectivity index (χ0) is 17.7. The third-order valence-corrected chi connectivity index (χ3v) is 3.20. The molecule has 2 rings (SSSR count). The molecule has 126 valence electrons. The standard InChI is InChI=1S/C15H14ClN3O5/c1-9-7-11(16)3-5-13(9)23-10(2)15(20)18-17-8-12-4-6-14(24-12)19(21)22/h3-8,10H,1-2H3,(H,18,20)/b17-8+. The molecule has 1 aromatic carbocycles. The van der Waals surface area contributed by atoms with Crippen molar-refractivity contribution in [2.45, 2.75) is 20.0 Å². The fraction of sp³-hybridized carbons (Fsp3) is 0.200. The fourth-order valence-electron chi connectivity index (χ4n) is 1.75. The van der Waals surface area contributed by atoms with E-state index < -0.39 is 22.8 Å². The lowest BCUT2D eigenvalue weighted by Gasteiger charge is -2.14. The summed E-state index contributed by atoms with van der Waals surface area (Å²) in [5, 5.41) is 14.7. The second-order valence-electron chi connectivity index (χ2n) is 4.84. The van der Waals surface area contributed by atoms with Crippen LogP contribution in [0.4, 0.5) is 5.88 Å². The lowest BCUT2D eigenvalue weighted by atomic mass is 10.2. The number of rotatable bonds is 6. The Balaban J connectivity index is 1.91. The summed E-state index contributed by atoms with van der Waals surface area (Å²) < 4.78 is 10.4. The van der Waals surface area contributed by atoms with Crippen molar-refractivity contribution in [1.82, 2.24) is 5.43 Å². The maximum Gasteiger partial charge on any atom is 0.433 e. The van der Waals surface area contributed by atoms with Crippen LogP contribution in [0, 0.1) is 17.0 Å². The van der Waals surface area contributed by atoms with Crippen LogP contribution in [-0.2, 0) is 4.79 Å². The Morgan fingerprint density at radius 2 is 2.21 bits per heavy atom. The molecule has 0 saturated heterocycles. The lowest BCUT2D eigenvalue weighted by molar-refractivity contribution is -0.402. The summed E-state index contributed by atoms with van der Waals surface area (Å²) in [6.07, 6.45) is 0.360. The lowest BCUT2D eigenvalue weighted by Crippen LogP contribution is -2.33. The van der Waals surface area contributed by atoms with Gasteiger partial charge >= 0.3 is 5.88 Å².